The van der Waals surface area contributed by atoms with Gasteiger partial charge in [-0.05, 0) is 6.07 Å². The van der Waals surface area contributed by atoms with E-state index >= 15 is 0 Å². The Morgan fingerprint density at radius 3 is 2.95 bits per heavy atom. The van der Waals surface area contributed by atoms with Crippen molar-refractivity contribution in [1.82, 2.24) is 15.1 Å². The number of rotatable bonds is 6. The number of nitrogens with one attached hydrogen (secondary N) is 1. The van der Waals surface area contributed by atoms with Gasteiger partial charge in [-0.25, -0.2) is 0 Å². The quantitative estimate of drug-likeness (QED) is 0.802. The van der Waals surface area contributed by atoms with Gasteiger partial charge < -0.3 is 14.7 Å². The fraction of sp³-hybridized carbons (Fsp3) is 0.385. The number of amides is 1. The maximum Gasteiger partial charge on any atom is 0.275 e. The van der Waals surface area contributed by atoms with E-state index < -0.39 is 0 Å². The normalized spacial score (nSPS) is 10.8. The third-order valence-corrected chi connectivity index (χ3v) is 2.90. The van der Waals surface area contributed by atoms with Gasteiger partial charge in [-0.15, -0.1) is 0 Å². The summed E-state index contributed by atoms with van der Waals surface area (Å²) < 4.78 is 4.97. The molecule has 0 aliphatic rings. The van der Waals surface area contributed by atoms with Crippen molar-refractivity contribution < 1.29 is 14.6 Å². The molecular formula is C13H17N3O3. The van der Waals surface area contributed by atoms with Gasteiger partial charge in [0.25, 0.3) is 5.91 Å². The Morgan fingerprint density at radius 2 is 2.21 bits per heavy atom. The van der Waals surface area contributed by atoms with Gasteiger partial charge in [0.2, 0.25) is 0 Å². The first-order valence-corrected chi connectivity index (χ1v) is 6.10. The van der Waals surface area contributed by atoms with E-state index in [1.807, 2.05) is 24.3 Å². The van der Waals surface area contributed by atoms with Gasteiger partial charge in [0.05, 0.1) is 18.7 Å². The molecule has 0 fully saturated rings. The van der Waals surface area contributed by atoms with E-state index in [9.17, 15) is 4.79 Å². The molecule has 0 aliphatic carbocycles. The number of aliphatic hydroxyl groups excluding tert-OH is 1. The molecule has 0 radical (unpaired) electrons. The zero-order valence-electron chi connectivity index (χ0n) is 10.8. The topological polar surface area (TPSA) is 78.5 Å². The molecule has 1 heterocycles. The molecule has 1 amide bonds. The van der Waals surface area contributed by atoms with Crippen molar-refractivity contribution in [2.45, 2.75) is 0 Å². The Kier molecular flexibility index (Phi) is 4.48. The predicted molar refractivity (Wildman–Crippen MR) is 71.0 cm³/mol. The largest absolute Gasteiger partial charge is 0.395 e. The van der Waals surface area contributed by atoms with Gasteiger partial charge >= 0.3 is 0 Å². The van der Waals surface area contributed by atoms with E-state index in [0.717, 1.165) is 10.9 Å². The van der Waals surface area contributed by atoms with Crippen LogP contribution in [0.2, 0.25) is 0 Å². The summed E-state index contributed by atoms with van der Waals surface area (Å²) in [6, 6.07) is 7.45. The second-order valence-corrected chi connectivity index (χ2v) is 4.13. The molecule has 6 heteroatoms. The zero-order chi connectivity index (χ0) is 13.7. The van der Waals surface area contributed by atoms with E-state index in [2.05, 4.69) is 10.2 Å². The summed E-state index contributed by atoms with van der Waals surface area (Å²) in [5.41, 5.74) is 1.20. The number of aliphatic hydroxyl groups is 1. The minimum Gasteiger partial charge on any atom is -0.395 e. The highest BCUT2D eigenvalue weighted by Gasteiger charge is 2.20. The molecule has 2 rings (SSSR count). The number of carbonyl (C=O) groups excluding carboxylic acids is 1. The third-order valence-electron chi connectivity index (χ3n) is 2.90. The highest BCUT2D eigenvalue weighted by molar-refractivity contribution is 6.04. The summed E-state index contributed by atoms with van der Waals surface area (Å²) in [7, 11) is 1.57. The minimum absolute atomic E-state index is 0.0855. The first kappa shape index (κ1) is 13.5. The van der Waals surface area contributed by atoms with Crippen molar-refractivity contribution in [3.05, 3.63) is 30.0 Å². The molecule has 1 aromatic carbocycles. The van der Waals surface area contributed by atoms with E-state index in [4.69, 9.17) is 9.84 Å². The number of benzene rings is 1. The Morgan fingerprint density at radius 1 is 1.42 bits per heavy atom. The van der Waals surface area contributed by atoms with Crippen LogP contribution in [0.1, 0.15) is 10.5 Å². The van der Waals surface area contributed by atoms with Gasteiger partial charge in [-0.2, -0.15) is 5.10 Å². The van der Waals surface area contributed by atoms with Crippen LogP contribution in [-0.2, 0) is 4.74 Å². The molecule has 19 heavy (non-hydrogen) atoms. The SMILES string of the molecule is COCCN(CCO)C(=O)c1n[nH]c2ccccc12. The summed E-state index contributed by atoms with van der Waals surface area (Å²) >= 11 is 0. The Bertz CT molecular complexity index is 553. The molecule has 2 N–H and O–H groups in total. The number of para-hydroxylation sites is 1. The lowest BCUT2D eigenvalue weighted by molar-refractivity contribution is 0.0652. The molecule has 0 aliphatic heterocycles. The Hall–Kier alpha value is -1.92. The van der Waals surface area contributed by atoms with Crippen LogP contribution < -0.4 is 0 Å². The lowest BCUT2D eigenvalue weighted by atomic mass is 10.2. The Balaban J connectivity index is 2.25. The molecule has 0 bridgehead atoms. The fourth-order valence-corrected chi connectivity index (χ4v) is 1.91. The van der Waals surface area contributed by atoms with Crippen molar-refractivity contribution in [3.8, 4) is 0 Å². The van der Waals surface area contributed by atoms with Crippen molar-refractivity contribution >= 4 is 16.8 Å². The first-order valence-electron chi connectivity index (χ1n) is 6.10. The molecule has 0 atom stereocenters. The second-order valence-electron chi connectivity index (χ2n) is 4.13. The lowest BCUT2D eigenvalue weighted by Gasteiger charge is -2.20. The first-order chi connectivity index (χ1) is 9.27. The fourth-order valence-electron chi connectivity index (χ4n) is 1.91. The maximum absolute atomic E-state index is 12.4. The highest BCUT2D eigenvalue weighted by atomic mass is 16.5. The van der Waals surface area contributed by atoms with Crippen LogP contribution in [0, 0.1) is 0 Å². The van der Waals surface area contributed by atoms with E-state index in [-0.39, 0.29) is 19.1 Å². The predicted octanol–water partition coefficient (Wildman–Crippen LogP) is 0.644. The molecule has 0 saturated carbocycles. The number of H-pyrrole nitrogens is 1. The summed E-state index contributed by atoms with van der Waals surface area (Å²) in [5, 5.41) is 16.7. The number of aromatic nitrogens is 2. The minimum atomic E-state index is -0.205. The number of hydrogen-bond donors (Lipinski definition) is 2. The van der Waals surface area contributed by atoms with Gasteiger partial charge in [-0.1, -0.05) is 18.2 Å². The zero-order valence-corrected chi connectivity index (χ0v) is 10.8. The van der Waals surface area contributed by atoms with Crippen molar-refractivity contribution in [1.29, 1.82) is 0 Å². The highest BCUT2D eigenvalue weighted by Crippen LogP contribution is 2.16. The molecule has 0 spiro atoms. The number of ether oxygens (including phenoxy) is 1. The van der Waals surface area contributed by atoms with E-state index in [0.29, 0.717) is 18.8 Å². The van der Waals surface area contributed by atoms with Crippen LogP contribution in [-0.4, -0.2) is 59.5 Å². The van der Waals surface area contributed by atoms with Crippen molar-refractivity contribution in [3.63, 3.8) is 0 Å². The second kappa shape index (κ2) is 6.31. The maximum atomic E-state index is 12.4. The average Bonchev–Trinajstić information content (AvgIpc) is 2.86. The summed E-state index contributed by atoms with van der Waals surface area (Å²) in [6.45, 7) is 1.03. The number of fused-ring (bicyclic) bond motifs is 1. The average molecular weight is 263 g/mol. The van der Waals surface area contributed by atoms with Crippen LogP contribution in [0.15, 0.2) is 24.3 Å². The third kappa shape index (κ3) is 2.91. The standard InChI is InChI=1S/C13H17N3O3/c1-19-9-7-16(6-8-17)13(18)12-10-4-2-3-5-11(10)14-15-12/h2-5,17H,6-9H2,1H3,(H,14,15). The Labute approximate surface area is 111 Å². The van der Waals surface area contributed by atoms with E-state index in [1.54, 1.807) is 7.11 Å². The molecule has 1 aromatic heterocycles. The van der Waals surface area contributed by atoms with E-state index in [1.165, 1.54) is 4.90 Å². The smallest absolute Gasteiger partial charge is 0.275 e. The molecule has 0 saturated heterocycles. The molecule has 102 valence electrons. The van der Waals surface area contributed by atoms with Gasteiger partial charge in [-0.3, -0.25) is 9.89 Å². The number of aromatic amines is 1. The van der Waals surface area contributed by atoms with Crippen LogP contribution in [0.4, 0.5) is 0 Å². The van der Waals surface area contributed by atoms with Crippen molar-refractivity contribution in [2.24, 2.45) is 0 Å². The number of methoxy groups -OCH3 is 1. The van der Waals surface area contributed by atoms with Crippen LogP contribution in [0.25, 0.3) is 10.9 Å². The monoisotopic (exact) mass is 263 g/mol. The molecule has 2 aromatic rings. The van der Waals surface area contributed by atoms with Crippen LogP contribution in [0.5, 0.6) is 0 Å². The van der Waals surface area contributed by atoms with Crippen LogP contribution >= 0.6 is 0 Å². The number of nitrogens with zero attached hydrogens (tertiary/aromatic N) is 2. The molecule has 6 nitrogen and oxygen atoms in total. The number of hydrogen-bond acceptors (Lipinski definition) is 4. The number of carbonyl (C=O) groups is 1. The van der Waals surface area contributed by atoms with Crippen molar-refractivity contribution in [2.75, 3.05) is 33.4 Å². The van der Waals surface area contributed by atoms with Crippen LogP contribution in [0.3, 0.4) is 0 Å². The molecule has 0 unspecified atom stereocenters. The van der Waals surface area contributed by atoms with Gasteiger partial charge in [0, 0.05) is 25.6 Å². The molecular weight excluding hydrogens is 246 g/mol. The summed E-state index contributed by atoms with van der Waals surface area (Å²) in [5.74, 6) is -0.205. The summed E-state index contributed by atoms with van der Waals surface area (Å²) in [6.07, 6.45) is 0. The lowest BCUT2D eigenvalue weighted by Crippen LogP contribution is -2.36. The van der Waals surface area contributed by atoms with Gasteiger partial charge in [0.15, 0.2) is 5.69 Å². The summed E-state index contributed by atoms with van der Waals surface area (Å²) in [4.78, 5) is 13.9. The van der Waals surface area contributed by atoms with Gasteiger partial charge in [0.1, 0.15) is 0 Å².